The smallest absolute Gasteiger partial charge is 0.309 e. The van der Waals surface area contributed by atoms with Gasteiger partial charge < -0.3 is 10.6 Å². The van der Waals surface area contributed by atoms with E-state index in [0.717, 1.165) is 25.7 Å². The molecular formula is C15H30N2O2. The summed E-state index contributed by atoms with van der Waals surface area (Å²) in [6, 6.07) is 0. The maximum absolute atomic E-state index is 11.4. The Hall–Kier alpha value is -1.06. The highest BCUT2D eigenvalue weighted by molar-refractivity contribution is 6.35. The molecule has 0 aromatic carbocycles. The number of amides is 2. The SMILES string of the molecule is CCCCCCCCCNC(=O)C(=O)NCCCC. The molecule has 2 amide bonds. The van der Waals surface area contributed by atoms with Crippen molar-refractivity contribution in [2.24, 2.45) is 0 Å². The van der Waals surface area contributed by atoms with Gasteiger partial charge >= 0.3 is 11.8 Å². The van der Waals surface area contributed by atoms with E-state index in [1.807, 2.05) is 6.92 Å². The molecule has 0 atom stereocenters. The molecule has 0 aliphatic carbocycles. The van der Waals surface area contributed by atoms with Crippen LogP contribution in [0.1, 0.15) is 71.6 Å². The quantitative estimate of drug-likeness (QED) is 0.448. The summed E-state index contributed by atoms with van der Waals surface area (Å²) >= 11 is 0. The zero-order valence-corrected chi connectivity index (χ0v) is 12.6. The van der Waals surface area contributed by atoms with E-state index >= 15 is 0 Å². The van der Waals surface area contributed by atoms with Crippen LogP contribution in [0.3, 0.4) is 0 Å². The van der Waals surface area contributed by atoms with E-state index in [4.69, 9.17) is 0 Å². The van der Waals surface area contributed by atoms with Crippen LogP contribution in [0, 0.1) is 0 Å². The van der Waals surface area contributed by atoms with Crippen LogP contribution in [-0.4, -0.2) is 24.9 Å². The van der Waals surface area contributed by atoms with Gasteiger partial charge in [0.05, 0.1) is 0 Å². The maximum Gasteiger partial charge on any atom is 0.309 e. The highest BCUT2D eigenvalue weighted by atomic mass is 16.2. The van der Waals surface area contributed by atoms with Crippen LogP contribution in [0.2, 0.25) is 0 Å². The maximum atomic E-state index is 11.4. The molecule has 0 fully saturated rings. The van der Waals surface area contributed by atoms with Gasteiger partial charge in [-0.2, -0.15) is 0 Å². The second kappa shape index (κ2) is 13.4. The molecule has 0 unspecified atom stereocenters. The van der Waals surface area contributed by atoms with Crippen molar-refractivity contribution in [3.05, 3.63) is 0 Å². The Morgan fingerprint density at radius 2 is 1.05 bits per heavy atom. The average Bonchev–Trinajstić information content (AvgIpc) is 2.41. The van der Waals surface area contributed by atoms with E-state index < -0.39 is 11.8 Å². The van der Waals surface area contributed by atoms with Crippen LogP contribution in [0.15, 0.2) is 0 Å². The summed E-state index contributed by atoms with van der Waals surface area (Å²) in [5.41, 5.74) is 0. The Bertz CT molecular complexity index is 242. The number of hydrogen-bond donors (Lipinski definition) is 2. The Morgan fingerprint density at radius 1 is 0.632 bits per heavy atom. The summed E-state index contributed by atoms with van der Waals surface area (Å²) in [5, 5.41) is 5.27. The minimum atomic E-state index is -0.503. The van der Waals surface area contributed by atoms with Crippen molar-refractivity contribution < 1.29 is 9.59 Å². The van der Waals surface area contributed by atoms with Crippen LogP contribution in [0.4, 0.5) is 0 Å². The fourth-order valence-corrected chi connectivity index (χ4v) is 1.82. The van der Waals surface area contributed by atoms with E-state index in [1.54, 1.807) is 0 Å². The van der Waals surface area contributed by atoms with Gasteiger partial charge in [-0.3, -0.25) is 9.59 Å². The molecule has 0 aromatic rings. The third-order valence-corrected chi connectivity index (χ3v) is 3.09. The van der Waals surface area contributed by atoms with Crippen molar-refractivity contribution in [3.63, 3.8) is 0 Å². The highest BCUT2D eigenvalue weighted by Gasteiger charge is 2.10. The first-order valence-corrected chi connectivity index (χ1v) is 7.78. The molecule has 4 heteroatoms. The topological polar surface area (TPSA) is 58.2 Å². The first-order chi connectivity index (χ1) is 9.22. The molecule has 0 bridgehead atoms. The number of carbonyl (C=O) groups is 2. The van der Waals surface area contributed by atoms with Gasteiger partial charge in [-0.1, -0.05) is 58.8 Å². The largest absolute Gasteiger partial charge is 0.348 e. The molecule has 0 heterocycles. The zero-order chi connectivity index (χ0) is 14.3. The van der Waals surface area contributed by atoms with Gasteiger partial charge in [0.2, 0.25) is 0 Å². The molecule has 0 aromatic heterocycles. The van der Waals surface area contributed by atoms with Gasteiger partial charge in [0.15, 0.2) is 0 Å². The van der Waals surface area contributed by atoms with Crippen LogP contribution >= 0.6 is 0 Å². The minimum Gasteiger partial charge on any atom is -0.348 e. The number of carbonyl (C=O) groups excluding carboxylic acids is 2. The molecular weight excluding hydrogens is 240 g/mol. The number of hydrogen-bond acceptors (Lipinski definition) is 2. The van der Waals surface area contributed by atoms with Gasteiger partial charge in [0, 0.05) is 13.1 Å². The lowest BCUT2D eigenvalue weighted by Gasteiger charge is -2.06. The fourth-order valence-electron chi connectivity index (χ4n) is 1.82. The van der Waals surface area contributed by atoms with Crippen LogP contribution in [0.25, 0.3) is 0 Å². The molecule has 19 heavy (non-hydrogen) atoms. The standard InChI is InChI=1S/C15H30N2O2/c1-3-5-7-8-9-10-11-13-17-15(19)14(18)16-12-6-4-2/h3-13H2,1-2H3,(H,16,18)(H,17,19). The van der Waals surface area contributed by atoms with Crippen molar-refractivity contribution in [2.75, 3.05) is 13.1 Å². The van der Waals surface area contributed by atoms with Crippen molar-refractivity contribution >= 4 is 11.8 Å². The fraction of sp³-hybridized carbons (Fsp3) is 0.867. The molecule has 0 spiro atoms. The Morgan fingerprint density at radius 3 is 1.58 bits per heavy atom. The lowest BCUT2D eigenvalue weighted by Crippen LogP contribution is -2.40. The van der Waals surface area contributed by atoms with Gasteiger partial charge in [-0.15, -0.1) is 0 Å². The summed E-state index contributed by atoms with van der Waals surface area (Å²) < 4.78 is 0. The lowest BCUT2D eigenvalue weighted by molar-refractivity contribution is -0.139. The van der Waals surface area contributed by atoms with Gasteiger partial charge in [-0.25, -0.2) is 0 Å². The zero-order valence-electron chi connectivity index (χ0n) is 12.6. The predicted molar refractivity (Wildman–Crippen MR) is 78.9 cm³/mol. The third kappa shape index (κ3) is 11.7. The summed E-state index contributed by atoms with van der Waals surface area (Å²) in [6.07, 6.45) is 10.4. The summed E-state index contributed by atoms with van der Waals surface area (Å²) in [6.45, 7) is 5.45. The van der Waals surface area contributed by atoms with E-state index in [-0.39, 0.29) is 0 Å². The van der Waals surface area contributed by atoms with Crippen molar-refractivity contribution in [1.29, 1.82) is 0 Å². The second-order valence-corrected chi connectivity index (χ2v) is 4.99. The molecule has 0 rings (SSSR count). The normalized spacial score (nSPS) is 10.2. The lowest BCUT2D eigenvalue weighted by atomic mass is 10.1. The van der Waals surface area contributed by atoms with Crippen LogP contribution < -0.4 is 10.6 Å². The Labute approximate surface area is 117 Å². The van der Waals surface area contributed by atoms with E-state index in [9.17, 15) is 9.59 Å². The summed E-state index contributed by atoms with van der Waals surface area (Å²) in [7, 11) is 0. The van der Waals surface area contributed by atoms with E-state index in [0.29, 0.717) is 13.1 Å². The number of nitrogens with one attached hydrogen (secondary N) is 2. The van der Waals surface area contributed by atoms with Gasteiger partial charge in [0.25, 0.3) is 0 Å². The Kier molecular flexibility index (Phi) is 12.6. The monoisotopic (exact) mass is 270 g/mol. The number of unbranched alkanes of at least 4 members (excludes halogenated alkanes) is 7. The molecule has 4 nitrogen and oxygen atoms in total. The molecule has 2 N–H and O–H groups in total. The molecule has 0 saturated carbocycles. The molecule has 0 radical (unpaired) electrons. The Balaban J connectivity index is 3.35. The third-order valence-electron chi connectivity index (χ3n) is 3.09. The highest BCUT2D eigenvalue weighted by Crippen LogP contribution is 2.06. The predicted octanol–water partition coefficient (Wildman–Crippen LogP) is 2.77. The van der Waals surface area contributed by atoms with E-state index in [1.165, 1.54) is 32.1 Å². The van der Waals surface area contributed by atoms with Crippen LogP contribution in [0.5, 0.6) is 0 Å². The molecule has 0 aliphatic rings. The molecule has 0 saturated heterocycles. The van der Waals surface area contributed by atoms with Gasteiger partial charge in [-0.05, 0) is 12.8 Å². The molecule has 0 aliphatic heterocycles. The number of rotatable bonds is 11. The second-order valence-electron chi connectivity index (χ2n) is 4.99. The van der Waals surface area contributed by atoms with Crippen LogP contribution in [-0.2, 0) is 9.59 Å². The first kappa shape index (κ1) is 17.9. The van der Waals surface area contributed by atoms with Crippen molar-refractivity contribution in [3.8, 4) is 0 Å². The van der Waals surface area contributed by atoms with Gasteiger partial charge in [0.1, 0.15) is 0 Å². The minimum absolute atomic E-state index is 0.498. The summed E-state index contributed by atoms with van der Waals surface area (Å²) in [4.78, 5) is 22.7. The average molecular weight is 270 g/mol. The van der Waals surface area contributed by atoms with Crippen molar-refractivity contribution in [2.45, 2.75) is 71.6 Å². The van der Waals surface area contributed by atoms with Crippen molar-refractivity contribution in [1.82, 2.24) is 10.6 Å². The molecule has 112 valence electrons. The summed E-state index contributed by atoms with van der Waals surface area (Å²) in [5.74, 6) is -1.00. The first-order valence-electron chi connectivity index (χ1n) is 7.78. The van der Waals surface area contributed by atoms with E-state index in [2.05, 4.69) is 17.6 Å².